The Hall–Kier alpha value is -1.13. The summed E-state index contributed by atoms with van der Waals surface area (Å²) in [5.41, 5.74) is 0.515. The number of aromatic nitrogens is 2. The van der Waals surface area contributed by atoms with Gasteiger partial charge in [-0.15, -0.1) is 11.3 Å². The highest BCUT2D eigenvalue weighted by Gasteiger charge is 2.37. The number of thiophene rings is 1. The van der Waals surface area contributed by atoms with Crippen LogP contribution < -0.4 is 5.32 Å². The maximum atomic E-state index is 4.50. The molecule has 0 saturated heterocycles. The standard InChI is InChI=1S/C14H19N3S/c1-14(5-6-14)10-16-12(11-4-3-9-18-11)13-15-7-8-17(13)2/h3-4,7-9,12,16H,5-6,10H2,1-2H3. The molecule has 1 fully saturated rings. The molecule has 0 aromatic carbocycles. The number of nitrogens with one attached hydrogen (secondary N) is 1. The molecule has 0 amide bonds. The molecule has 4 heteroatoms. The van der Waals surface area contributed by atoms with Gasteiger partial charge in [-0.2, -0.15) is 0 Å². The minimum atomic E-state index is 0.224. The van der Waals surface area contributed by atoms with Gasteiger partial charge in [-0.1, -0.05) is 13.0 Å². The molecule has 0 radical (unpaired) electrons. The van der Waals surface area contributed by atoms with Crippen LogP contribution in [-0.2, 0) is 7.05 Å². The Balaban J connectivity index is 1.82. The lowest BCUT2D eigenvalue weighted by Gasteiger charge is -2.19. The van der Waals surface area contributed by atoms with Crippen LogP contribution in [0, 0.1) is 5.41 Å². The third-order valence-electron chi connectivity index (χ3n) is 3.78. The van der Waals surface area contributed by atoms with Gasteiger partial charge in [-0.05, 0) is 29.7 Å². The van der Waals surface area contributed by atoms with Crippen molar-refractivity contribution in [3.05, 3.63) is 40.6 Å². The predicted molar refractivity (Wildman–Crippen MR) is 74.7 cm³/mol. The summed E-state index contributed by atoms with van der Waals surface area (Å²) in [6.07, 6.45) is 6.57. The molecule has 0 spiro atoms. The van der Waals surface area contributed by atoms with Gasteiger partial charge in [0.15, 0.2) is 0 Å². The fourth-order valence-corrected chi connectivity index (χ4v) is 2.96. The number of imidazole rings is 1. The Labute approximate surface area is 112 Å². The summed E-state index contributed by atoms with van der Waals surface area (Å²) >= 11 is 1.79. The van der Waals surface area contributed by atoms with Crippen LogP contribution in [0.4, 0.5) is 0 Å². The van der Waals surface area contributed by atoms with E-state index in [1.807, 2.05) is 12.4 Å². The molecular formula is C14H19N3S. The van der Waals surface area contributed by atoms with Gasteiger partial charge < -0.3 is 9.88 Å². The van der Waals surface area contributed by atoms with Crippen LogP contribution in [0.1, 0.15) is 36.5 Å². The van der Waals surface area contributed by atoms with Crippen molar-refractivity contribution in [3.8, 4) is 0 Å². The first-order valence-electron chi connectivity index (χ1n) is 6.42. The highest BCUT2D eigenvalue weighted by molar-refractivity contribution is 7.10. The number of hydrogen-bond acceptors (Lipinski definition) is 3. The summed E-state index contributed by atoms with van der Waals surface area (Å²) in [5, 5.41) is 5.83. The molecule has 1 aliphatic rings. The van der Waals surface area contributed by atoms with Gasteiger partial charge in [0.1, 0.15) is 11.9 Å². The zero-order valence-electron chi connectivity index (χ0n) is 10.9. The summed E-state index contributed by atoms with van der Waals surface area (Å²) in [6.45, 7) is 3.42. The van der Waals surface area contributed by atoms with Gasteiger partial charge >= 0.3 is 0 Å². The summed E-state index contributed by atoms with van der Waals surface area (Å²) < 4.78 is 2.10. The Morgan fingerprint density at radius 3 is 2.94 bits per heavy atom. The average molecular weight is 261 g/mol. The lowest BCUT2D eigenvalue weighted by Crippen LogP contribution is -2.29. The fourth-order valence-electron chi connectivity index (χ4n) is 2.17. The SMILES string of the molecule is Cn1ccnc1C(NCC1(C)CC1)c1cccs1. The van der Waals surface area contributed by atoms with Crippen molar-refractivity contribution in [2.75, 3.05) is 6.54 Å². The van der Waals surface area contributed by atoms with Gasteiger partial charge in [0, 0.05) is 30.9 Å². The van der Waals surface area contributed by atoms with Crippen molar-refractivity contribution in [1.29, 1.82) is 0 Å². The van der Waals surface area contributed by atoms with Crippen molar-refractivity contribution in [3.63, 3.8) is 0 Å². The van der Waals surface area contributed by atoms with E-state index in [1.54, 1.807) is 11.3 Å². The lowest BCUT2D eigenvalue weighted by atomic mass is 10.1. The van der Waals surface area contributed by atoms with E-state index in [2.05, 4.69) is 46.4 Å². The molecule has 3 rings (SSSR count). The minimum absolute atomic E-state index is 0.224. The summed E-state index contributed by atoms with van der Waals surface area (Å²) in [5.74, 6) is 1.10. The number of rotatable bonds is 5. The molecule has 0 bridgehead atoms. The quantitative estimate of drug-likeness (QED) is 0.897. The monoisotopic (exact) mass is 261 g/mol. The van der Waals surface area contributed by atoms with Gasteiger partial charge in [0.25, 0.3) is 0 Å². The molecule has 96 valence electrons. The van der Waals surface area contributed by atoms with Crippen LogP contribution in [0.5, 0.6) is 0 Å². The van der Waals surface area contributed by atoms with Crippen LogP contribution in [-0.4, -0.2) is 16.1 Å². The van der Waals surface area contributed by atoms with Gasteiger partial charge in [-0.25, -0.2) is 4.98 Å². The molecule has 1 N–H and O–H groups in total. The number of nitrogens with zero attached hydrogens (tertiary/aromatic N) is 2. The third-order valence-corrected chi connectivity index (χ3v) is 4.72. The zero-order chi connectivity index (χ0) is 12.6. The average Bonchev–Trinajstić information content (AvgIpc) is 2.81. The highest BCUT2D eigenvalue weighted by Crippen LogP contribution is 2.44. The van der Waals surface area contributed by atoms with Crippen LogP contribution >= 0.6 is 11.3 Å². The normalized spacial score (nSPS) is 18.8. The van der Waals surface area contributed by atoms with E-state index in [9.17, 15) is 0 Å². The first-order chi connectivity index (χ1) is 8.68. The van der Waals surface area contributed by atoms with E-state index in [4.69, 9.17) is 0 Å². The molecule has 1 saturated carbocycles. The van der Waals surface area contributed by atoms with Gasteiger partial charge in [0.2, 0.25) is 0 Å². The number of aryl methyl sites for hydroxylation is 1. The second kappa shape index (κ2) is 4.52. The van der Waals surface area contributed by atoms with E-state index in [0.29, 0.717) is 5.41 Å². The van der Waals surface area contributed by atoms with Crippen molar-refractivity contribution >= 4 is 11.3 Å². The molecular weight excluding hydrogens is 242 g/mol. The van der Waals surface area contributed by atoms with E-state index in [0.717, 1.165) is 12.4 Å². The topological polar surface area (TPSA) is 29.9 Å². The predicted octanol–water partition coefficient (Wildman–Crippen LogP) is 2.96. The van der Waals surface area contributed by atoms with E-state index in [-0.39, 0.29) is 6.04 Å². The van der Waals surface area contributed by atoms with E-state index in [1.165, 1.54) is 17.7 Å². The second-order valence-electron chi connectivity index (χ2n) is 5.54. The molecule has 1 aliphatic carbocycles. The molecule has 2 heterocycles. The Kier molecular flexibility index (Phi) is 2.99. The molecule has 2 aromatic heterocycles. The van der Waals surface area contributed by atoms with Gasteiger partial charge in [0.05, 0.1) is 0 Å². The largest absolute Gasteiger partial charge is 0.336 e. The minimum Gasteiger partial charge on any atom is -0.336 e. The summed E-state index contributed by atoms with van der Waals surface area (Å²) in [4.78, 5) is 5.84. The maximum absolute atomic E-state index is 4.50. The van der Waals surface area contributed by atoms with Crippen LogP contribution in [0.2, 0.25) is 0 Å². The second-order valence-corrected chi connectivity index (χ2v) is 6.52. The van der Waals surface area contributed by atoms with E-state index < -0.39 is 0 Å². The maximum Gasteiger partial charge on any atom is 0.131 e. The lowest BCUT2D eigenvalue weighted by molar-refractivity contribution is 0.458. The zero-order valence-corrected chi connectivity index (χ0v) is 11.7. The highest BCUT2D eigenvalue weighted by atomic mass is 32.1. The van der Waals surface area contributed by atoms with Crippen molar-refractivity contribution in [2.24, 2.45) is 12.5 Å². The fraction of sp³-hybridized carbons (Fsp3) is 0.500. The molecule has 18 heavy (non-hydrogen) atoms. The van der Waals surface area contributed by atoms with Gasteiger partial charge in [-0.3, -0.25) is 0 Å². The van der Waals surface area contributed by atoms with Crippen LogP contribution in [0.15, 0.2) is 29.9 Å². The van der Waals surface area contributed by atoms with Crippen LogP contribution in [0.3, 0.4) is 0 Å². The summed E-state index contributed by atoms with van der Waals surface area (Å²) in [6, 6.07) is 4.52. The third kappa shape index (κ3) is 2.35. The Morgan fingerprint density at radius 1 is 1.56 bits per heavy atom. The molecule has 0 aliphatic heterocycles. The molecule has 3 nitrogen and oxygen atoms in total. The Morgan fingerprint density at radius 2 is 2.39 bits per heavy atom. The van der Waals surface area contributed by atoms with Crippen molar-refractivity contribution in [1.82, 2.24) is 14.9 Å². The number of hydrogen-bond donors (Lipinski definition) is 1. The summed E-state index contributed by atoms with van der Waals surface area (Å²) in [7, 11) is 2.06. The van der Waals surface area contributed by atoms with Crippen molar-refractivity contribution in [2.45, 2.75) is 25.8 Å². The first kappa shape index (κ1) is 11.9. The Bertz CT molecular complexity index is 511. The van der Waals surface area contributed by atoms with Crippen LogP contribution in [0.25, 0.3) is 0 Å². The smallest absolute Gasteiger partial charge is 0.131 e. The molecule has 1 atom stereocenters. The van der Waals surface area contributed by atoms with Crippen molar-refractivity contribution < 1.29 is 0 Å². The molecule has 2 aromatic rings. The first-order valence-corrected chi connectivity index (χ1v) is 7.30. The molecule has 1 unspecified atom stereocenters. The van der Waals surface area contributed by atoms with E-state index >= 15 is 0 Å².